The molecular weight excluding hydrogens is 188 g/mol. The molecule has 0 amide bonds. The average molecular weight is 206 g/mol. The lowest BCUT2D eigenvalue weighted by Crippen LogP contribution is -2.06. The van der Waals surface area contributed by atoms with E-state index in [1.807, 2.05) is 19.1 Å². The van der Waals surface area contributed by atoms with Gasteiger partial charge in [0.05, 0.1) is 6.61 Å². The number of ether oxygens (including phenoxy) is 1. The van der Waals surface area contributed by atoms with E-state index in [4.69, 9.17) is 4.74 Å². The van der Waals surface area contributed by atoms with Crippen molar-refractivity contribution in [3.05, 3.63) is 35.4 Å². The van der Waals surface area contributed by atoms with Gasteiger partial charge in [-0.15, -0.1) is 0 Å². The second-order valence-electron chi connectivity index (χ2n) is 3.71. The summed E-state index contributed by atoms with van der Waals surface area (Å²) in [5.41, 5.74) is 2.43. The van der Waals surface area contributed by atoms with Crippen LogP contribution < -0.4 is 0 Å². The third kappa shape index (κ3) is 4.63. The van der Waals surface area contributed by atoms with E-state index < -0.39 is 0 Å². The first-order valence-electron chi connectivity index (χ1n) is 5.43. The minimum absolute atomic E-state index is 0.0987. The lowest BCUT2D eigenvalue weighted by molar-refractivity contribution is -0.143. The quantitative estimate of drug-likeness (QED) is 0.692. The van der Waals surface area contributed by atoms with Crippen LogP contribution >= 0.6 is 0 Å². The third-order valence-electron chi connectivity index (χ3n) is 2.17. The smallest absolute Gasteiger partial charge is 0.306 e. The topological polar surface area (TPSA) is 26.3 Å². The lowest BCUT2D eigenvalue weighted by atomic mass is 10.1. The lowest BCUT2D eigenvalue weighted by Gasteiger charge is -2.03. The van der Waals surface area contributed by atoms with Crippen LogP contribution in [0, 0.1) is 6.92 Å². The summed E-state index contributed by atoms with van der Waals surface area (Å²) in [7, 11) is 0. The zero-order valence-corrected chi connectivity index (χ0v) is 9.45. The van der Waals surface area contributed by atoms with Crippen LogP contribution in [0.2, 0.25) is 0 Å². The van der Waals surface area contributed by atoms with Crippen molar-refractivity contribution in [3.63, 3.8) is 0 Å². The van der Waals surface area contributed by atoms with Crippen molar-refractivity contribution in [3.8, 4) is 0 Å². The molecule has 2 nitrogen and oxygen atoms in total. The Morgan fingerprint density at radius 3 is 2.87 bits per heavy atom. The fourth-order valence-corrected chi connectivity index (χ4v) is 1.40. The molecular formula is C13H18O2. The Hall–Kier alpha value is -1.31. The predicted molar refractivity (Wildman–Crippen MR) is 60.8 cm³/mol. The summed E-state index contributed by atoms with van der Waals surface area (Å²) in [6.07, 6.45) is 2.13. The van der Waals surface area contributed by atoms with Gasteiger partial charge in [0.1, 0.15) is 0 Å². The molecule has 0 N–H and O–H groups in total. The first-order chi connectivity index (χ1) is 7.22. The Kier molecular flexibility index (Phi) is 4.88. The van der Waals surface area contributed by atoms with Crippen LogP contribution in [0.1, 0.15) is 30.9 Å². The van der Waals surface area contributed by atoms with E-state index in [0.29, 0.717) is 13.0 Å². The number of esters is 1. The first-order valence-corrected chi connectivity index (χ1v) is 5.43. The highest BCUT2D eigenvalue weighted by Gasteiger charge is 2.02. The van der Waals surface area contributed by atoms with Crippen LogP contribution in [0.5, 0.6) is 0 Å². The summed E-state index contributed by atoms with van der Waals surface area (Å²) in [5, 5.41) is 0. The molecule has 0 unspecified atom stereocenters. The highest BCUT2D eigenvalue weighted by Crippen LogP contribution is 2.07. The minimum atomic E-state index is -0.0987. The minimum Gasteiger partial charge on any atom is -0.466 e. The molecule has 0 aliphatic heterocycles. The molecule has 15 heavy (non-hydrogen) atoms. The first kappa shape index (κ1) is 11.8. The van der Waals surface area contributed by atoms with E-state index >= 15 is 0 Å². The van der Waals surface area contributed by atoms with Crippen molar-refractivity contribution >= 4 is 5.97 Å². The molecule has 0 bridgehead atoms. The largest absolute Gasteiger partial charge is 0.466 e. The van der Waals surface area contributed by atoms with Gasteiger partial charge in [-0.1, -0.05) is 36.8 Å². The van der Waals surface area contributed by atoms with E-state index in [1.54, 1.807) is 0 Å². The molecule has 0 aliphatic carbocycles. The monoisotopic (exact) mass is 206 g/mol. The molecule has 0 spiro atoms. The predicted octanol–water partition coefficient (Wildman–Crippen LogP) is 2.88. The number of benzene rings is 1. The Balaban J connectivity index is 2.33. The normalized spacial score (nSPS) is 10.0. The second kappa shape index (κ2) is 6.23. The summed E-state index contributed by atoms with van der Waals surface area (Å²) in [6.45, 7) is 4.58. The summed E-state index contributed by atoms with van der Waals surface area (Å²) in [6, 6.07) is 8.22. The van der Waals surface area contributed by atoms with Crippen molar-refractivity contribution in [2.45, 2.75) is 33.1 Å². The fourth-order valence-electron chi connectivity index (χ4n) is 1.40. The molecule has 1 rings (SSSR count). The number of aryl methyl sites for hydroxylation is 2. The Morgan fingerprint density at radius 2 is 2.20 bits per heavy atom. The van der Waals surface area contributed by atoms with Gasteiger partial charge in [0.2, 0.25) is 0 Å². The molecule has 0 saturated carbocycles. The molecule has 0 saturated heterocycles. The van der Waals surface area contributed by atoms with Gasteiger partial charge in [0.25, 0.3) is 0 Å². The Morgan fingerprint density at radius 1 is 1.40 bits per heavy atom. The van der Waals surface area contributed by atoms with Gasteiger partial charge in [-0.2, -0.15) is 0 Å². The van der Waals surface area contributed by atoms with Crippen LogP contribution in [-0.4, -0.2) is 12.6 Å². The molecule has 0 aromatic heterocycles. The van der Waals surface area contributed by atoms with Crippen LogP contribution in [-0.2, 0) is 16.0 Å². The highest BCUT2D eigenvalue weighted by atomic mass is 16.5. The number of hydrogen-bond donors (Lipinski definition) is 0. The van der Waals surface area contributed by atoms with E-state index in [0.717, 1.165) is 12.8 Å². The summed E-state index contributed by atoms with van der Waals surface area (Å²) in [4.78, 5) is 11.2. The third-order valence-corrected chi connectivity index (χ3v) is 2.17. The van der Waals surface area contributed by atoms with Gasteiger partial charge in [-0.25, -0.2) is 0 Å². The SMILES string of the molecule is CCCOC(=O)CCc1cccc(C)c1. The Labute approximate surface area is 91.3 Å². The van der Waals surface area contributed by atoms with Gasteiger partial charge in [0, 0.05) is 6.42 Å². The maximum Gasteiger partial charge on any atom is 0.306 e. The molecule has 0 aliphatic rings. The van der Waals surface area contributed by atoms with Gasteiger partial charge in [0.15, 0.2) is 0 Å². The average Bonchev–Trinajstić information content (AvgIpc) is 2.23. The van der Waals surface area contributed by atoms with Crippen LogP contribution in [0.15, 0.2) is 24.3 Å². The van der Waals surface area contributed by atoms with Gasteiger partial charge < -0.3 is 4.74 Å². The van der Waals surface area contributed by atoms with E-state index in [-0.39, 0.29) is 5.97 Å². The maximum atomic E-state index is 11.2. The highest BCUT2D eigenvalue weighted by molar-refractivity contribution is 5.69. The Bertz CT molecular complexity index is 318. The number of carbonyl (C=O) groups is 1. The van der Waals surface area contributed by atoms with Gasteiger partial charge in [-0.3, -0.25) is 4.79 Å². The summed E-state index contributed by atoms with van der Waals surface area (Å²) < 4.78 is 5.00. The zero-order valence-electron chi connectivity index (χ0n) is 9.45. The fraction of sp³-hybridized carbons (Fsp3) is 0.462. The van der Waals surface area contributed by atoms with E-state index in [1.165, 1.54) is 11.1 Å². The van der Waals surface area contributed by atoms with Crippen LogP contribution in [0.25, 0.3) is 0 Å². The number of hydrogen-bond acceptors (Lipinski definition) is 2. The van der Waals surface area contributed by atoms with Crippen molar-refractivity contribution in [1.82, 2.24) is 0 Å². The zero-order chi connectivity index (χ0) is 11.1. The molecule has 2 heteroatoms. The molecule has 0 atom stereocenters. The van der Waals surface area contributed by atoms with Crippen molar-refractivity contribution in [1.29, 1.82) is 0 Å². The molecule has 82 valence electrons. The standard InChI is InChI=1S/C13H18O2/c1-3-9-15-13(14)8-7-12-6-4-5-11(2)10-12/h4-6,10H,3,7-9H2,1-2H3. The van der Waals surface area contributed by atoms with Gasteiger partial charge >= 0.3 is 5.97 Å². The van der Waals surface area contributed by atoms with E-state index in [2.05, 4.69) is 19.1 Å². The number of rotatable bonds is 5. The molecule has 1 aromatic rings. The summed E-state index contributed by atoms with van der Waals surface area (Å²) in [5.74, 6) is -0.0987. The van der Waals surface area contributed by atoms with Crippen molar-refractivity contribution in [2.75, 3.05) is 6.61 Å². The summed E-state index contributed by atoms with van der Waals surface area (Å²) >= 11 is 0. The maximum absolute atomic E-state index is 11.2. The molecule has 0 heterocycles. The molecule has 0 fully saturated rings. The van der Waals surface area contributed by atoms with E-state index in [9.17, 15) is 4.79 Å². The van der Waals surface area contributed by atoms with Crippen LogP contribution in [0.4, 0.5) is 0 Å². The molecule has 1 aromatic carbocycles. The van der Waals surface area contributed by atoms with Crippen molar-refractivity contribution in [2.24, 2.45) is 0 Å². The second-order valence-corrected chi connectivity index (χ2v) is 3.71. The molecule has 0 radical (unpaired) electrons. The van der Waals surface area contributed by atoms with Gasteiger partial charge in [-0.05, 0) is 25.3 Å². The van der Waals surface area contributed by atoms with Crippen molar-refractivity contribution < 1.29 is 9.53 Å². The van der Waals surface area contributed by atoms with Crippen LogP contribution in [0.3, 0.4) is 0 Å². The number of carbonyl (C=O) groups excluding carboxylic acids is 1.